The number of anilines is 1. The van der Waals surface area contributed by atoms with E-state index >= 15 is 0 Å². The fourth-order valence-corrected chi connectivity index (χ4v) is 2.59. The zero-order valence-electron chi connectivity index (χ0n) is 14.8. The Kier molecular flexibility index (Phi) is 5.25. The predicted octanol–water partition coefficient (Wildman–Crippen LogP) is 1.77. The van der Waals surface area contributed by atoms with Crippen LogP contribution >= 0.6 is 0 Å². The van der Waals surface area contributed by atoms with Crippen molar-refractivity contribution >= 4 is 29.2 Å². The third-order valence-corrected chi connectivity index (χ3v) is 3.95. The zero-order valence-corrected chi connectivity index (χ0v) is 14.8. The Balaban J connectivity index is 2.38. The van der Waals surface area contributed by atoms with E-state index in [1.807, 2.05) is 0 Å². The maximum absolute atomic E-state index is 12.8. The Morgan fingerprint density at radius 3 is 2.20 bits per heavy atom. The number of carbonyl (C=O) groups is 4. The van der Waals surface area contributed by atoms with Crippen molar-refractivity contribution in [3.8, 4) is 5.75 Å². The molecular formula is C18H22N2O5. The van der Waals surface area contributed by atoms with Gasteiger partial charge in [0.25, 0.3) is 5.91 Å². The highest BCUT2D eigenvalue weighted by Crippen LogP contribution is 2.27. The van der Waals surface area contributed by atoms with Crippen LogP contribution in [-0.4, -0.2) is 41.6 Å². The van der Waals surface area contributed by atoms with Crippen molar-refractivity contribution in [1.29, 1.82) is 0 Å². The number of ketones is 1. The van der Waals surface area contributed by atoms with Gasteiger partial charge >= 0.3 is 0 Å². The number of carbonyl (C=O) groups excluding carboxylic acids is 4. The molecular weight excluding hydrogens is 324 g/mol. The molecule has 1 N–H and O–H groups in total. The molecule has 1 atom stereocenters. The van der Waals surface area contributed by atoms with E-state index in [4.69, 9.17) is 4.74 Å². The highest BCUT2D eigenvalue weighted by molar-refractivity contribution is 6.18. The molecule has 0 aliphatic carbocycles. The van der Waals surface area contributed by atoms with Crippen molar-refractivity contribution in [3.63, 3.8) is 0 Å². The number of amides is 3. The standard InChI is InChI=1S/C18H22N2O5/c1-18(2,3)16(23)15(20-13(21)9-10-14(20)22)17(24)19-11-7-5-6-8-12(11)25-4/h5-8,15H,9-10H2,1-4H3,(H,19,24). The van der Waals surface area contributed by atoms with Crippen molar-refractivity contribution < 1.29 is 23.9 Å². The molecule has 1 saturated heterocycles. The zero-order chi connectivity index (χ0) is 18.8. The van der Waals surface area contributed by atoms with Crippen molar-refractivity contribution in [2.45, 2.75) is 39.7 Å². The average Bonchev–Trinajstić information content (AvgIpc) is 2.87. The highest BCUT2D eigenvalue weighted by atomic mass is 16.5. The Bertz CT molecular complexity index is 704. The molecule has 1 unspecified atom stereocenters. The summed E-state index contributed by atoms with van der Waals surface area (Å²) < 4.78 is 5.17. The van der Waals surface area contributed by atoms with Crippen molar-refractivity contribution in [3.05, 3.63) is 24.3 Å². The first kappa shape index (κ1) is 18.6. The Morgan fingerprint density at radius 2 is 1.68 bits per heavy atom. The third kappa shape index (κ3) is 3.87. The monoisotopic (exact) mass is 346 g/mol. The molecule has 1 fully saturated rings. The molecule has 0 spiro atoms. The normalized spacial score (nSPS) is 15.9. The van der Waals surface area contributed by atoms with Crippen LogP contribution in [0.5, 0.6) is 5.75 Å². The minimum atomic E-state index is -1.49. The molecule has 134 valence electrons. The number of rotatable bonds is 5. The minimum Gasteiger partial charge on any atom is -0.495 e. The Morgan fingerprint density at radius 1 is 1.12 bits per heavy atom. The first-order chi connectivity index (χ1) is 11.7. The molecule has 1 aromatic rings. The largest absolute Gasteiger partial charge is 0.495 e. The van der Waals surface area contributed by atoms with Crippen LogP contribution in [0.3, 0.4) is 0 Å². The second-order valence-electron chi connectivity index (χ2n) is 6.86. The van der Waals surface area contributed by atoms with E-state index in [1.54, 1.807) is 45.0 Å². The van der Waals surface area contributed by atoms with E-state index in [-0.39, 0.29) is 12.8 Å². The van der Waals surface area contributed by atoms with Gasteiger partial charge in [-0.05, 0) is 12.1 Å². The van der Waals surface area contributed by atoms with Gasteiger partial charge in [-0.3, -0.25) is 24.1 Å². The minimum absolute atomic E-state index is 0.00863. The molecule has 0 radical (unpaired) electrons. The molecule has 25 heavy (non-hydrogen) atoms. The van der Waals surface area contributed by atoms with E-state index in [9.17, 15) is 19.2 Å². The summed E-state index contributed by atoms with van der Waals surface area (Å²) in [6, 6.07) is 5.21. The lowest BCUT2D eigenvalue weighted by molar-refractivity contribution is -0.152. The maximum Gasteiger partial charge on any atom is 0.255 e. The van der Waals surface area contributed by atoms with Crippen LogP contribution in [-0.2, 0) is 19.2 Å². The summed E-state index contributed by atoms with van der Waals surface area (Å²) in [6.45, 7) is 4.93. The molecule has 1 aliphatic heterocycles. The van der Waals surface area contributed by atoms with Gasteiger partial charge in [0.05, 0.1) is 12.8 Å². The third-order valence-electron chi connectivity index (χ3n) is 3.95. The van der Waals surface area contributed by atoms with Crippen LogP contribution < -0.4 is 10.1 Å². The molecule has 3 amide bonds. The summed E-state index contributed by atoms with van der Waals surface area (Å²) in [5.41, 5.74) is -0.535. The quantitative estimate of drug-likeness (QED) is 0.648. The summed E-state index contributed by atoms with van der Waals surface area (Å²) in [5, 5.41) is 2.60. The lowest BCUT2D eigenvalue weighted by Crippen LogP contribution is -2.54. The molecule has 0 saturated carbocycles. The van der Waals surface area contributed by atoms with E-state index in [0.29, 0.717) is 11.4 Å². The number of hydrogen-bond donors (Lipinski definition) is 1. The summed E-state index contributed by atoms with van der Waals surface area (Å²) in [4.78, 5) is 50.6. The van der Waals surface area contributed by atoms with Crippen molar-refractivity contribution in [1.82, 2.24) is 4.90 Å². The van der Waals surface area contributed by atoms with E-state index in [0.717, 1.165) is 4.90 Å². The lowest BCUT2D eigenvalue weighted by atomic mass is 9.85. The summed E-state index contributed by atoms with van der Waals surface area (Å²) in [5.74, 6) is -1.83. The Labute approximate surface area is 146 Å². The molecule has 7 heteroatoms. The first-order valence-corrected chi connectivity index (χ1v) is 8.00. The highest BCUT2D eigenvalue weighted by Gasteiger charge is 2.46. The summed E-state index contributed by atoms with van der Waals surface area (Å²) >= 11 is 0. The van der Waals surface area contributed by atoms with Crippen LogP contribution in [0, 0.1) is 5.41 Å². The molecule has 7 nitrogen and oxygen atoms in total. The van der Waals surface area contributed by atoms with Gasteiger partial charge in [0.1, 0.15) is 5.75 Å². The summed E-state index contributed by atoms with van der Waals surface area (Å²) in [7, 11) is 1.45. The summed E-state index contributed by atoms with van der Waals surface area (Å²) in [6.07, 6.45) is 0.0173. The number of methoxy groups -OCH3 is 1. The SMILES string of the molecule is COc1ccccc1NC(=O)C(C(=O)C(C)(C)C)N1C(=O)CCC1=O. The number of benzene rings is 1. The Hall–Kier alpha value is -2.70. The van der Waals surface area contributed by atoms with Crippen LogP contribution in [0.15, 0.2) is 24.3 Å². The first-order valence-electron chi connectivity index (χ1n) is 8.00. The van der Waals surface area contributed by atoms with E-state index in [2.05, 4.69) is 5.32 Å². The molecule has 2 rings (SSSR count). The number of imide groups is 1. The van der Waals surface area contributed by atoms with Crippen LogP contribution in [0.4, 0.5) is 5.69 Å². The average molecular weight is 346 g/mol. The number of ether oxygens (including phenoxy) is 1. The molecule has 0 aromatic heterocycles. The molecule has 1 aromatic carbocycles. The van der Waals surface area contributed by atoms with Crippen molar-refractivity contribution in [2.24, 2.45) is 5.41 Å². The number of nitrogens with zero attached hydrogens (tertiary/aromatic N) is 1. The molecule has 0 bridgehead atoms. The second kappa shape index (κ2) is 7.04. The van der Waals surface area contributed by atoms with Crippen molar-refractivity contribution in [2.75, 3.05) is 12.4 Å². The second-order valence-corrected chi connectivity index (χ2v) is 6.86. The lowest BCUT2D eigenvalue weighted by Gasteiger charge is -2.29. The maximum atomic E-state index is 12.8. The van der Waals surface area contributed by atoms with Gasteiger partial charge in [0.15, 0.2) is 11.8 Å². The van der Waals surface area contributed by atoms with E-state index < -0.39 is 35.0 Å². The van der Waals surface area contributed by atoms with Gasteiger partial charge in [-0.25, -0.2) is 0 Å². The number of likely N-dealkylation sites (tertiary alicyclic amines) is 1. The molecule has 1 heterocycles. The van der Waals surface area contributed by atoms with Gasteiger partial charge in [0.2, 0.25) is 11.8 Å². The topological polar surface area (TPSA) is 92.8 Å². The van der Waals surface area contributed by atoms with Gasteiger partial charge in [0, 0.05) is 18.3 Å². The number of hydrogen-bond acceptors (Lipinski definition) is 5. The van der Waals surface area contributed by atoms with Gasteiger partial charge < -0.3 is 10.1 Å². The predicted molar refractivity (Wildman–Crippen MR) is 91.0 cm³/mol. The number of Topliss-reactive ketones (excluding diaryl/α,β-unsaturated/α-hetero) is 1. The number of para-hydroxylation sites is 2. The fourth-order valence-electron chi connectivity index (χ4n) is 2.59. The van der Waals surface area contributed by atoms with Gasteiger partial charge in [-0.15, -0.1) is 0 Å². The smallest absolute Gasteiger partial charge is 0.255 e. The van der Waals surface area contributed by atoms with E-state index in [1.165, 1.54) is 7.11 Å². The molecule has 1 aliphatic rings. The van der Waals surface area contributed by atoms with Crippen LogP contribution in [0.25, 0.3) is 0 Å². The van der Waals surface area contributed by atoms with Gasteiger partial charge in [-0.2, -0.15) is 0 Å². The van der Waals surface area contributed by atoms with Crippen LogP contribution in [0.2, 0.25) is 0 Å². The fraction of sp³-hybridized carbons (Fsp3) is 0.444. The van der Waals surface area contributed by atoms with Gasteiger partial charge in [-0.1, -0.05) is 32.9 Å². The van der Waals surface area contributed by atoms with Crippen LogP contribution in [0.1, 0.15) is 33.6 Å². The number of nitrogens with one attached hydrogen (secondary N) is 1.